The van der Waals surface area contributed by atoms with Crippen molar-refractivity contribution in [3.8, 4) is 6.07 Å². The molecule has 136 valence electrons. The van der Waals surface area contributed by atoms with Gasteiger partial charge in [-0.3, -0.25) is 0 Å². The van der Waals surface area contributed by atoms with Crippen LogP contribution in [0.1, 0.15) is 43.0 Å². The van der Waals surface area contributed by atoms with Crippen molar-refractivity contribution in [2.24, 2.45) is 0 Å². The minimum atomic E-state index is -0.213. The molecule has 0 radical (unpaired) electrons. The first-order valence-electron chi connectivity index (χ1n) is 9.23. The van der Waals surface area contributed by atoms with Crippen LogP contribution in [0.5, 0.6) is 0 Å². The number of nitrogens with one attached hydrogen (secondary N) is 3. The van der Waals surface area contributed by atoms with E-state index in [2.05, 4.69) is 21.7 Å². The smallest absolute Gasteiger partial charge is 0.319 e. The fraction of sp³-hybridized carbons (Fsp3) is 0.286. The fourth-order valence-electron chi connectivity index (χ4n) is 3.72. The molecular weight excluding hydrogens is 338 g/mol. The molecule has 4 rings (SSSR count). The Morgan fingerprint density at radius 1 is 1.15 bits per heavy atom. The third kappa shape index (κ3) is 3.93. The number of H-pyrrole nitrogens is 1. The van der Waals surface area contributed by atoms with Gasteiger partial charge in [0.2, 0.25) is 0 Å². The van der Waals surface area contributed by atoms with E-state index in [-0.39, 0.29) is 12.1 Å². The van der Waals surface area contributed by atoms with E-state index in [1.807, 2.05) is 24.3 Å². The number of carbonyl (C=O) groups is 1. The maximum Gasteiger partial charge on any atom is 0.319 e. The zero-order valence-corrected chi connectivity index (χ0v) is 14.9. The number of fused-ring (bicyclic) bond motifs is 1. The summed E-state index contributed by atoms with van der Waals surface area (Å²) in [4.78, 5) is 20.5. The van der Waals surface area contributed by atoms with Gasteiger partial charge in [-0.15, -0.1) is 0 Å². The molecular formula is C21H21N5O. The zero-order chi connectivity index (χ0) is 18.6. The lowest BCUT2D eigenvalue weighted by atomic mass is 9.85. The first kappa shape index (κ1) is 17.1. The van der Waals surface area contributed by atoms with Gasteiger partial charge in [0.15, 0.2) is 0 Å². The minimum absolute atomic E-state index is 0.121. The van der Waals surface area contributed by atoms with Crippen molar-refractivity contribution in [1.29, 1.82) is 5.26 Å². The highest BCUT2D eigenvalue weighted by molar-refractivity contribution is 5.89. The summed E-state index contributed by atoms with van der Waals surface area (Å²) in [7, 11) is 0. The monoisotopic (exact) mass is 359 g/mol. The molecule has 1 heterocycles. The van der Waals surface area contributed by atoms with E-state index in [0.29, 0.717) is 17.2 Å². The van der Waals surface area contributed by atoms with Crippen LogP contribution in [0.4, 0.5) is 10.5 Å². The maximum atomic E-state index is 12.3. The number of para-hydroxylation sites is 2. The second-order valence-corrected chi connectivity index (χ2v) is 6.99. The summed E-state index contributed by atoms with van der Waals surface area (Å²) in [5.41, 5.74) is 3.29. The van der Waals surface area contributed by atoms with Gasteiger partial charge in [0.05, 0.1) is 22.7 Å². The van der Waals surface area contributed by atoms with E-state index >= 15 is 0 Å². The average molecular weight is 359 g/mol. The number of nitrogens with zero attached hydrogens (tertiary/aromatic N) is 2. The van der Waals surface area contributed by atoms with Gasteiger partial charge >= 0.3 is 6.03 Å². The summed E-state index contributed by atoms with van der Waals surface area (Å²) in [6, 6.07) is 16.9. The molecule has 1 aromatic heterocycles. The van der Waals surface area contributed by atoms with Crippen molar-refractivity contribution in [3.63, 3.8) is 0 Å². The summed E-state index contributed by atoms with van der Waals surface area (Å²) in [5.74, 6) is 1.33. The Morgan fingerprint density at radius 2 is 1.96 bits per heavy atom. The van der Waals surface area contributed by atoms with Gasteiger partial charge in [-0.25, -0.2) is 9.78 Å². The van der Waals surface area contributed by atoms with Crippen molar-refractivity contribution >= 4 is 22.8 Å². The second-order valence-electron chi connectivity index (χ2n) is 6.99. The third-order valence-corrected chi connectivity index (χ3v) is 5.08. The number of carbonyl (C=O) groups excluding carboxylic acids is 1. The first-order chi connectivity index (χ1) is 13.2. The van der Waals surface area contributed by atoms with E-state index < -0.39 is 0 Å². The van der Waals surface area contributed by atoms with Crippen LogP contribution in [-0.2, 0) is 0 Å². The number of hydrogen-bond acceptors (Lipinski definition) is 3. The number of rotatable bonds is 3. The molecule has 2 aromatic carbocycles. The molecule has 0 spiro atoms. The standard InChI is InChI=1S/C21H21N5O/c22-13-14-8-10-16(11-9-14)23-21(27)24-17-5-3-4-15(12-17)20-25-18-6-1-2-7-19(18)26-20/h1-2,6-11,15,17H,3-5,12H2,(H,25,26)(H2,23,24,27). The second kappa shape index (κ2) is 7.50. The summed E-state index contributed by atoms with van der Waals surface area (Å²) < 4.78 is 0. The Kier molecular flexibility index (Phi) is 4.75. The Balaban J connectivity index is 1.37. The molecule has 27 heavy (non-hydrogen) atoms. The van der Waals surface area contributed by atoms with Gasteiger partial charge in [0.25, 0.3) is 0 Å². The Labute approximate surface area is 157 Å². The third-order valence-electron chi connectivity index (χ3n) is 5.08. The predicted molar refractivity (Wildman–Crippen MR) is 104 cm³/mol. The molecule has 0 aliphatic heterocycles. The van der Waals surface area contributed by atoms with Crippen LogP contribution in [0, 0.1) is 11.3 Å². The Bertz CT molecular complexity index is 953. The SMILES string of the molecule is N#Cc1ccc(NC(=O)NC2CCCC(c3nc4ccccc4[nH]3)C2)cc1. The molecule has 1 saturated carbocycles. The predicted octanol–water partition coefficient (Wildman–Crippen LogP) is 4.28. The van der Waals surface area contributed by atoms with Crippen molar-refractivity contribution in [3.05, 3.63) is 59.9 Å². The molecule has 0 saturated heterocycles. The summed E-state index contributed by atoms with van der Waals surface area (Å²) in [5, 5.41) is 14.7. The number of amides is 2. The van der Waals surface area contributed by atoms with Crippen molar-refractivity contribution in [1.82, 2.24) is 15.3 Å². The van der Waals surface area contributed by atoms with E-state index in [0.717, 1.165) is 42.5 Å². The molecule has 3 N–H and O–H groups in total. The van der Waals surface area contributed by atoms with Gasteiger partial charge in [-0.1, -0.05) is 18.6 Å². The van der Waals surface area contributed by atoms with Crippen LogP contribution in [0.2, 0.25) is 0 Å². The highest BCUT2D eigenvalue weighted by Crippen LogP contribution is 2.32. The van der Waals surface area contributed by atoms with E-state index in [4.69, 9.17) is 10.2 Å². The lowest BCUT2D eigenvalue weighted by Gasteiger charge is -2.28. The molecule has 3 aromatic rings. The maximum absolute atomic E-state index is 12.3. The summed E-state index contributed by atoms with van der Waals surface area (Å²) >= 11 is 0. The van der Waals surface area contributed by atoms with Gasteiger partial charge in [-0.05, 0) is 55.7 Å². The van der Waals surface area contributed by atoms with Gasteiger partial charge in [0, 0.05) is 17.6 Å². The van der Waals surface area contributed by atoms with Crippen LogP contribution < -0.4 is 10.6 Å². The van der Waals surface area contributed by atoms with Crippen molar-refractivity contribution < 1.29 is 4.79 Å². The molecule has 2 atom stereocenters. The topological polar surface area (TPSA) is 93.6 Å². The van der Waals surface area contributed by atoms with E-state index in [1.54, 1.807) is 24.3 Å². The highest BCUT2D eigenvalue weighted by atomic mass is 16.2. The number of anilines is 1. The van der Waals surface area contributed by atoms with Gasteiger partial charge in [-0.2, -0.15) is 5.26 Å². The Hall–Kier alpha value is -3.33. The molecule has 1 fully saturated rings. The van der Waals surface area contributed by atoms with Crippen molar-refractivity contribution in [2.45, 2.75) is 37.6 Å². The number of benzene rings is 2. The van der Waals surface area contributed by atoms with E-state index in [1.165, 1.54) is 0 Å². The van der Waals surface area contributed by atoms with Crippen LogP contribution in [0.3, 0.4) is 0 Å². The minimum Gasteiger partial charge on any atom is -0.342 e. The lowest BCUT2D eigenvalue weighted by molar-refractivity contribution is 0.242. The average Bonchev–Trinajstić information content (AvgIpc) is 3.13. The highest BCUT2D eigenvalue weighted by Gasteiger charge is 2.26. The zero-order valence-electron chi connectivity index (χ0n) is 14.9. The quantitative estimate of drug-likeness (QED) is 0.651. The number of urea groups is 1. The molecule has 2 amide bonds. The number of aromatic nitrogens is 2. The van der Waals surface area contributed by atoms with Crippen LogP contribution >= 0.6 is 0 Å². The van der Waals surface area contributed by atoms with Gasteiger partial charge in [0.1, 0.15) is 5.82 Å². The Morgan fingerprint density at radius 3 is 2.74 bits per heavy atom. The number of hydrogen-bond donors (Lipinski definition) is 3. The number of nitriles is 1. The molecule has 2 unspecified atom stereocenters. The largest absolute Gasteiger partial charge is 0.342 e. The number of imidazole rings is 1. The fourth-order valence-corrected chi connectivity index (χ4v) is 3.72. The first-order valence-corrected chi connectivity index (χ1v) is 9.23. The number of aromatic amines is 1. The van der Waals surface area contributed by atoms with Crippen LogP contribution in [-0.4, -0.2) is 22.0 Å². The van der Waals surface area contributed by atoms with E-state index in [9.17, 15) is 4.79 Å². The lowest BCUT2D eigenvalue weighted by Crippen LogP contribution is -2.40. The summed E-state index contributed by atoms with van der Waals surface area (Å²) in [6.07, 6.45) is 3.98. The molecule has 6 nitrogen and oxygen atoms in total. The summed E-state index contributed by atoms with van der Waals surface area (Å²) in [6.45, 7) is 0. The van der Waals surface area contributed by atoms with Crippen LogP contribution in [0.15, 0.2) is 48.5 Å². The van der Waals surface area contributed by atoms with Crippen molar-refractivity contribution in [2.75, 3.05) is 5.32 Å². The molecule has 1 aliphatic carbocycles. The normalized spacial score (nSPS) is 19.4. The van der Waals surface area contributed by atoms with Gasteiger partial charge < -0.3 is 15.6 Å². The molecule has 1 aliphatic rings. The van der Waals surface area contributed by atoms with Crippen LogP contribution in [0.25, 0.3) is 11.0 Å². The molecule has 6 heteroatoms. The molecule has 0 bridgehead atoms.